The summed E-state index contributed by atoms with van der Waals surface area (Å²) in [6.45, 7) is 4.90. The Kier molecular flexibility index (Phi) is 4.79. The lowest BCUT2D eigenvalue weighted by molar-refractivity contribution is 0.316. The summed E-state index contributed by atoms with van der Waals surface area (Å²) in [5, 5.41) is 14.7. The van der Waals surface area contributed by atoms with E-state index in [0.29, 0.717) is 6.42 Å². The van der Waals surface area contributed by atoms with Gasteiger partial charge in [-0.25, -0.2) is 0 Å². The van der Waals surface area contributed by atoms with Gasteiger partial charge < -0.3 is 16.3 Å². The van der Waals surface area contributed by atoms with Gasteiger partial charge in [-0.1, -0.05) is 29.4 Å². The highest BCUT2D eigenvalue weighted by atomic mass is 16.4. The van der Waals surface area contributed by atoms with Crippen molar-refractivity contribution in [2.75, 3.05) is 0 Å². The smallest absolute Gasteiger partial charge is 0.140 e. The summed E-state index contributed by atoms with van der Waals surface area (Å²) in [6, 6.07) is 8.43. The van der Waals surface area contributed by atoms with E-state index in [1.54, 1.807) is 0 Å². The number of rotatable bonds is 5. The summed E-state index contributed by atoms with van der Waals surface area (Å²) < 4.78 is 0. The van der Waals surface area contributed by atoms with Gasteiger partial charge in [-0.05, 0) is 25.0 Å². The molecule has 88 valence electrons. The maximum atomic E-state index is 8.45. The molecule has 16 heavy (non-hydrogen) atoms. The van der Waals surface area contributed by atoms with Gasteiger partial charge in [0.2, 0.25) is 0 Å². The normalized spacial score (nSPS) is 13.8. The van der Waals surface area contributed by atoms with Crippen molar-refractivity contribution in [2.45, 2.75) is 32.9 Å². The van der Waals surface area contributed by atoms with Crippen LogP contribution in [-0.2, 0) is 6.54 Å². The molecule has 0 saturated carbocycles. The number of hydrogen-bond donors (Lipinski definition) is 3. The van der Waals surface area contributed by atoms with Crippen molar-refractivity contribution in [3.8, 4) is 0 Å². The van der Waals surface area contributed by atoms with Gasteiger partial charge in [-0.15, -0.1) is 0 Å². The lowest BCUT2D eigenvalue weighted by Gasteiger charge is -2.14. The Bertz CT molecular complexity index is 363. The second kappa shape index (κ2) is 6.12. The molecule has 1 atom stereocenters. The molecule has 0 saturated heterocycles. The number of nitrogens with one attached hydrogen (secondary N) is 1. The molecule has 0 bridgehead atoms. The summed E-state index contributed by atoms with van der Waals surface area (Å²) >= 11 is 0. The van der Waals surface area contributed by atoms with E-state index in [1.807, 2.05) is 19.1 Å². The third-order valence-electron chi connectivity index (χ3n) is 2.55. The Balaban J connectivity index is 2.43. The highest BCUT2D eigenvalue weighted by Crippen LogP contribution is 2.06. The summed E-state index contributed by atoms with van der Waals surface area (Å²) in [5.74, 6) is 0.254. The highest BCUT2D eigenvalue weighted by Gasteiger charge is 2.05. The van der Waals surface area contributed by atoms with Crippen molar-refractivity contribution in [1.29, 1.82) is 0 Å². The number of amidine groups is 1. The monoisotopic (exact) mass is 221 g/mol. The van der Waals surface area contributed by atoms with Crippen molar-refractivity contribution in [2.24, 2.45) is 10.9 Å². The Hall–Kier alpha value is -1.55. The Labute approximate surface area is 96.2 Å². The van der Waals surface area contributed by atoms with E-state index in [2.05, 4.69) is 29.5 Å². The van der Waals surface area contributed by atoms with Crippen LogP contribution < -0.4 is 11.1 Å². The average molecular weight is 221 g/mol. The minimum absolute atomic E-state index is 0.190. The molecule has 1 aromatic rings. The number of aryl methyl sites for hydroxylation is 1. The van der Waals surface area contributed by atoms with E-state index in [4.69, 9.17) is 10.9 Å². The Morgan fingerprint density at radius 2 is 2.19 bits per heavy atom. The molecular weight excluding hydrogens is 202 g/mol. The van der Waals surface area contributed by atoms with Gasteiger partial charge in [0, 0.05) is 19.0 Å². The molecule has 0 radical (unpaired) electrons. The van der Waals surface area contributed by atoms with E-state index in [1.165, 1.54) is 11.1 Å². The SMILES string of the molecule is Cc1ccccc1CNC(C)CC(N)=NO. The number of nitrogens with zero attached hydrogens (tertiary/aromatic N) is 1. The zero-order valence-electron chi connectivity index (χ0n) is 9.77. The molecule has 4 nitrogen and oxygen atoms in total. The fourth-order valence-electron chi connectivity index (χ4n) is 1.52. The molecule has 1 rings (SSSR count). The molecule has 0 aromatic heterocycles. The van der Waals surface area contributed by atoms with Crippen LogP contribution in [0.5, 0.6) is 0 Å². The zero-order valence-corrected chi connectivity index (χ0v) is 9.77. The molecular formula is C12H19N3O. The predicted octanol–water partition coefficient (Wildman–Crippen LogP) is 1.61. The lowest BCUT2D eigenvalue weighted by Crippen LogP contribution is -2.30. The van der Waals surface area contributed by atoms with Crippen LogP contribution in [0.3, 0.4) is 0 Å². The molecule has 4 heteroatoms. The van der Waals surface area contributed by atoms with E-state index in [-0.39, 0.29) is 11.9 Å². The van der Waals surface area contributed by atoms with Gasteiger partial charge in [0.15, 0.2) is 0 Å². The number of oxime groups is 1. The molecule has 0 aliphatic rings. The topological polar surface area (TPSA) is 70.6 Å². The molecule has 1 unspecified atom stereocenters. The van der Waals surface area contributed by atoms with Crippen LogP contribution in [0.4, 0.5) is 0 Å². The summed E-state index contributed by atoms with van der Waals surface area (Å²) in [5.41, 5.74) is 7.97. The van der Waals surface area contributed by atoms with Crippen LogP contribution in [0.15, 0.2) is 29.4 Å². The first-order valence-electron chi connectivity index (χ1n) is 5.37. The maximum Gasteiger partial charge on any atom is 0.140 e. The third kappa shape index (κ3) is 3.90. The van der Waals surface area contributed by atoms with E-state index >= 15 is 0 Å². The van der Waals surface area contributed by atoms with Gasteiger partial charge >= 0.3 is 0 Å². The highest BCUT2D eigenvalue weighted by molar-refractivity contribution is 5.80. The Morgan fingerprint density at radius 1 is 1.50 bits per heavy atom. The van der Waals surface area contributed by atoms with Gasteiger partial charge in [0.25, 0.3) is 0 Å². The average Bonchev–Trinajstić information content (AvgIpc) is 2.28. The molecule has 0 heterocycles. The van der Waals surface area contributed by atoms with Crippen LogP contribution in [-0.4, -0.2) is 17.1 Å². The first kappa shape index (κ1) is 12.5. The van der Waals surface area contributed by atoms with Crippen molar-refractivity contribution in [1.82, 2.24) is 5.32 Å². The minimum Gasteiger partial charge on any atom is -0.409 e. The summed E-state index contributed by atoms with van der Waals surface area (Å²) in [6.07, 6.45) is 0.544. The maximum absolute atomic E-state index is 8.45. The molecule has 4 N–H and O–H groups in total. The quantitative estimate of drug-likeness (QED) is 0.306. The first-order valence-corrected chi connectivity index (χ1v) is 5.37. The molecule has 0 amide bonds. The van der Waals surface area contributed by atoms with Gasteiger partial charge in [-0.3, -0.25) is 0 Å². The van der Waals surface area contributed by atoms with Gasteiger partial charge in [0.05, 0.1) is 0 Å². The van der Waals surface area contributed by atoms with Crippen LogP contribution in [0.2, 0.25) is 0 Å². The van der Waals surface area contributed by atoms with Crippen LogP contribution in [0.1, 0.15) is 24.5 Å². The lowest BCUT2D eigenvalue weighted by atomic mass is 10.1. The van der Waals surface area contributed by atoms with Crippen LogP contribution in [0, 0.1) is 6.92 Å². The van der Waals surface area contributed by atoms with Gasteiger partial charge in [-0.2, -0.15) is 0 Å². The predicted molar refractivity (Wildman–Crippen MR) is 65.5 cm³/mol. The van der Waals surface area contributed by atoms with Crippen LogP contribution >= 0.6 is 0 Å². The molecule has 0 spiro atoms. The summed E-state index contributed by atoms with van der Waals surface area (Å²) in [7, 11) is 0. The first-order chi connectivity index (χ1) is 7.63. The second-order valence-corrected chi connectivity index (χ2v) is 4.00. The second-order valence-electron chi connectivity index (χ2n) is 4.00. The van der Waals surface area contributed by atoms with E-state index < -0.39 is 0 Å². The number of hydrogen-bond acceptors (Lipinski definition) is 3. The van der Waals surface area contributed by atoms with Crippen LogP contribution in [0.25, 0.3) is 0 Å². The van der Waals surface area contributed by atoms with Crippen molar-refractivity contribution < 1.29 is 5.21 Å². The van der Waals surface area contributed by atoms with E-state index in [9.17, 15) is 0 Å². The van der Waals surface area contributed by atoms with Gasteiger partial charge in [0.1, 0.15) is 5.84 Å². The molecule has 0 aliphatic heterocycles. The fraction of sp³-hybridized carbons (Fsp3) is 0.417. The van der Waals surface area contributed by atoms with E-state index in [0.717, 1.165) is 6.54 Å². The number of benzene rings is 1. The molecule has 0 aliphatic carbocycles. The largest absolute Gasteiger partial charge is 0.409 e. The van der Waals surface area contributed by atoms with Crippen molar-refractivity contribution in [3.63, 3.8) is 0 Å². The third-order valence-corrected chi connectivity index (χ3v) is 2.55. The number of nitrogens with two attached hydrogens (primary N) is 1. The minimum atomic E-state index is 0.190. The molecule has 0 fully saturated rings. The Morgan fingerprint density at radius 3 is 2.81 bits per heavy atom. The van der Waals surface area contributed by atoms with Crippen molar-refractivity contribution >= 4 is 5.84 Å². The summed E-state index contributed by atoms with van der Waals surface area (Å²) in [4.78, 5) is 0. The van der Waals surface area contributed by atoms with Crippen molar-refractivity contribution in [3.05, 3.63) is 35.4 Å². The zero-order chi connectivity index (χ0) is 12.0. The standard InChI is InChI=1S/C12H19N3O/c1-9-5-3-4-6-11(9)8-14-10(2)7-12(13)15-16/h3-6,10,14,16H,7-8H2,1-2H3,(H2,13,15). The molecule has 1 aromatic carbocycles. The fourth-order valence-corrected chi connectivity index (χ4v) is 1.52.